The molecule has 1 aliphatic heterocycles. The van der Waals surface area contributed by atoms with Gasteiger partial charge < -0.3 is 25.0 Å². The lowest BCUT2D eigenvalue weighted by Crippen LogP contribution is -2.45. The van der Waals surface area contributed by atoms with Crippen LogP contribution in [0.2, 0.25) is 0 Å². The summed E-state index contributed by atoms with van der Waals surface area (Å²) in [4.78, 5) is 22.9. The SMILES string of the molecule is COc1c(F)cc(OCC2CC(Nc3nc(C)c4c(n3)N(C)[C@@H](C)C(=O)N4)C2)cc1F. The second-order valence-corrected chi connectivity index (χ2v) is 8.02. The van der Waals surface area contributed by atoms with E-state index in [0.717, 1.165) is 25.0 Å². The average Bonchev–Trinajstić information content (AvgIpc) is 2.68. The number of hydrogen-bond acceptors (Lipinski definition) is 7. The summed E-state index contributed by atoms with van der Waals surface area (Å²) in [6.45, 7) is 4.01. The monoisotopic (exact) mass is 433 g/mol. The summed E-state index contributed by atoms with van der Waals surface area (Å²) in [5.41, 5.74) is 1.33. The minimum Gasteiger partial charge on any atom is -0.493 e. The van der Waals surface area contributed by atoms with Crippen molar-refractivity contribution in [2.24, 2.45) is 5.92 Å². The van der Waals surface area contributed by atoms with Crippen molar-refractivity contribution in [2.45, 2.75) is 38.8 Å². The van der Waals surface area contributed by atoms with Crippen LogP contribution in [0.5, 0.6) is 11.5 Å². The summed E-state index contributed by atoms with van der Waals surface area (Å²) in [7, 11) is 3.05. The predicted molar refractivity (Wildman–Crippen MR) is 112 cm³/mol. The van der Waals surface area contributed by atoms with Crippen LogP contribution in [0.4, 0.5) is 26.2 Å². The van der Waals surface area contributed by atoms with Gasteiger partial charge in [0.15, 0.2) is 23.2 Å². The van der Waals surface area contributed by atoms with Gasteiger partial charge in [-0.2, -0.15) is 4.98 Å². The van der Waals surface area contributed by atoms with Crippen LogP contribution in [0.15, 0.2) is 12.1 Å². The van der Waals surface area contributed by atoms with E-state index in [4.69, 9.17) is 4.74 Å². The molecule has 0 saturated heterocycles. The first-order valence-corrected chi connectivity index (χ1v) is 10.1. The smallest absolute Gasteiger partial charge is 0.246 e. The van der Waals surface area contributed by atoms with Gasteiger partial charge in [-0.3, -0.25) is 4.79 Å². The van der Waals surface area contributed by atoms with Crippen LogP contribution in [0.1, 0.15) is 25.5 Å². The number of halogens is 2. The molecule has 2 N–H and O–H groups in total. The number of methoxy groups -OCH3 is 1. The third kappa shape index (κ3) is 4.06. The molecule has 1 aromatic heterocycles. The maximum absolute atomic E-state index is 13.8. The van der Waals surface area contributed by atoms with E-state index in [-0.39, 0.29) is 29.7 Å². The zero-order valence-corrected chi connectivity index (χ0v) is 17.8. The standard InChI is InChI=1S/C21H25F2N5O3/c1-10-17-19(28(3)11(2)20(29)26-17)27-21(24-10)25-13-5-12(6-13)9-31-14-7-15(22)18(30-4)16(23)8-14/h7-8,11-13H,5-6,9H2,1-4H3,(H,26,29)(H,24,25,27)/t11-,12?,13?/m0/s1. The van der Waals surface area contributed by atoms with E-state index in [1.165, 1.54) is 7.11 Å². The molecule has 1 atom stereocenters. The number of fused-ring (bicyclic) bond motifs is 1. The zero-order chi connectivity index (χ0) is 22.3. The summed E-state index contributed by atoms with van der Waals surface area (Å²) < 4.78 is 37.8. The molecule has 2 heterocycles. The lowest BCUT2D eigenvalue weighted by Gasteiger charge is -2.36. The fraction of sp³-hybridized carbons (Fsp3) is 0.476. The number of aryl methyl sites for hydroxylation is 1. The number of amides is 1. The number of nitrogens with one attached hydrogen (secondary N) is 2. The van der Waals surface area contributed by atoms with Crippen molar-refractivity contribution in [3.63, 3.8) is 0 Å². The van der Waals surface area contributed by atoms with Gasteiger partial charge in [-0.1, -0.05) is 0 Å². The van der Waals surface area contributed by atoms with Gasteiger partial charge in [-0.15, -0.1) is 0 Å². The number of carbonyl (C=O) groups excluding carboxylic acids is 1. The van der Waals surface area contributed by atoms with Crippen LogP contribution in [0, 0.1) is 24.5 Å². The highest BCUT2D eigenvalue weighted by Crippen LogP contribution is 2.35. The van der Waals surface area contributed by atoms with Gasteiger partial charge in [0.05, 0.1) is 19.4 Å². The number of carbonyl (C=O) groups is 1. The Balaban J connectivity index is 1.33. The number of benzene rings is 1. The lowest BCUT2D eigenvalue weighted by molar-refractivity contribution is -0.117. The van der Waals surface area contributed by atoms with E-state index in [9.17, 15) is 13.6 Å². The highest BCUT2D eigenvalue weighted by atomic mass is 19.1. The molecule has 1 saturated carbocycles. The van der Waals surface area contributed by atoms with Crippen molar-refractivity contribution in [2.75, 3.05) is 36.3 Å². The third-order valence-electron chi connectivity index (χ3n) is 5.84. The molecular weight excluding hydrogens is 408 g/mol. The average molecular weight is 433 g/mol. The Morgan fingerprint density at radius 1 is 1.26 bits per heavy atom. The molecule has 1 fully saturated rings. The van der Waals surface area contributed by atoms with Crippen LogP contribution in [-0.2, 0) is 4.79 Å². The lowest BCUT2D eigenvalue weighted by atomic mass is 9.81. The topological polar surface area (TPSA) is 88.6 Å². The second-order valence-electron chi connectivity index (χ2n) is 8.02. The van der Waals surface area contributed by atoms with Gasteiger partial charge in [0.25, 0.3) is 0 Å². The molecule has 1 aromatic carbocycles. The van der Waals surface area contributed by atoms with Gasteiger partial charge in [-0.05, 0) is 32.6 Å². The highest BCUT2D eigenvalue weighted by Gasteiger charge is 2.33. The number of hydrogen-bond donors (Lipinski definition) is 2. The predicted octanol–water partition coefficient (Wildman–Crippen LogP) is 3.12. The molecule has 2 aliphatic rings. The Labute approximate surface area is 179 Å². The molecule has 0 spiro atoms. The highest BCUT2D eigenvalue weighted by molar-refractivity contribution is 6.03. The Hall–Kier alpha value is -3.17. The molecule has 31 heavy (non-hydrogen) atoms. The summed E-state index contributed by atoms with van der Waals surface area (Å²) in [6, 6.07) is 2.11. The quantitative estimate of drug-likeness (QED) is 0.724. The summed E-state index contributed by atoms with van der Waals surface area (Å²) in [6.07, 6.45) is 1.65. The molecule has 2 aromatic rings. The molecule has 4 rings (SSSR count). The largest absolute Gasteiger partial charge is 0.493 e. The molecule has 1 amide bonds. The van der Waals surface area contributed by atoms with Gasteiger partial charge in [0.1, 0.15) is 17.5 Å². The van der Waals surface area contributed by atoms with Crippen molar-refractivity contribution in [1.82, 2.24) is 9.97 Å². The van der Waals surface area contributed by atoms with Crippen molar-refractivity contribution in [3.05, 3.63) is 29.5 Å². The summed E-state index contributed by atoms with van der Waals surface area (Å²) in [5.74, 6) is -0.491. The first-order chi connectivity index (χ1) is 14.8. The van der Waals surface area contributed by atoms with Crippen LogP contribution < -0.4 is 25.0 Å². The maximum Gasteiger partial charge on any atom is 0.246 e. The molecule has 1 aliphatic carbocycles. The van der Waals surface area contributed by atoms with Crippen LogP contribution in [0.25, 0.3) is 0 Å². The van der Waals surface area contributed by atoms with E-state index in [1.54, 1.807) is 0 Å². The number of anilines is 3. The minimum absolute atomic E-state index is 0.0825. The van der Waals surface area contributed by atoms with Crippen molar-refractivity contribution >= 4 is 23.4 Å². The molecule has 8 nitrogen and oxygen atoms in total. The number of nitrogens with zero attached hydrogens (tertiary/aromatic N) is 3. The van der Waals surface area contributed by atoms with Crippen molar-refractivity contribution in [1.29, 1.82) is 0 Å². The summed E-state index contributed by atoms with van der Waals surface area (Å²) in [5, 5.41) is 6.18. The first kappa shape index (κ1) is 21.1. The number of rotatable bonds is 6. The normalized spacial score (nSPS) is 22.3. The number of ether oxygens (including phenoxy) is 2. The third-order valence-corrected chi connectivity index (χ3v) is 5.84. The Morgan fingerprint density at radius 3 is 2.58 bits per heavy atom. The zero-order valence-electron chi connectivity index (χ0n) is 17.8. The van der Waals surface area contributed by atoms with Crippen LogP contribution >= 0.6 is 0 Å². The molecular formula is C21H25F2N5O3. The van der Waals surface area contributed by atoms with E-state index < -0.39 is 17.4 Å². The van der Waals surface area contributed by atoms with Gasteiger partial charge in [0.2, 0.25) is 11.9 Å². The number of aromatic nitrogens is 2. The van der Waals surface area contributed by atoms with Gasteiger partial charge >= 0.3 is 0 Å². The van der Waals surface area contributed by atoms with Gasteiger partial charge in [-0.25, -0.2) is 13.8 Å². The van der Waals surface area contributed by atoms with Crippen molar-refractivity contribution < 1.29 is 23.0 Å². The fourth-order valence-electron chi connectivity index (χ4n) is 3.81. The van der Waals surface area contributed by atoms with Crippen molar-refractivity contribution in [3.8, 4) is 11.5 Å². The van der Waals surface area contributed by atoms with E-state index >= 15 is 0 Å². The molecule has 10 heteroatoms. The van der Waals surface area contributed by atoms with E-state index in [1.807, 2.05) is 25.8 Å². The minimum atomic E-state index is -0.791. The van der Waals surface area contributed by atoms with Gasteiger partial charge in [0, 0.05) is 25.2 Å². The Kier molecular flexibility index (Phi) is 5.55. The second kappa shape index (κ2) is 8.16. The first-order valence-electron chi connectivity index (χ1n) is 10.1. The van der Waals surface area contributed by atoms with Crippen LogP contribution in [-0.4, -0.2) is 48.7 Å². The Morgan fingerprint density at radius 2 is 1.94 bits per heavy atom. The van der Waals surface area contributed by atoms with Crippen LogP contribution in [0.3, 0.4) is 0 Å². The molecule has 0 radical (unpaired) electrons. The maximum atomic E-state index is 13.8. The van der Waals surface area contributed by atoms with E-state index in [2.05, 4.69) is 25.3 Å². The Bertz CT molecular complexity index is 990. The molecule has 0 bridgehead atoms. The van der Waals surface area contributed by atoms with E-state index in [0.29, 0.717) is 29.8 Å². The summed E-state index contributed by atoms with van der Waals surface area (Å²) >= 11 is 0. The fourth-order valence-corrected chi connectivity index (χ4v) is 3.81. The number of likely N-dealkylation sites (N-methyl/N-ethyl adjacent to an activating group) is 1. The molecule has 166 valence electrons. The molecule has 0 unspecified atom stereocenters.